The van der Waals surface area contributed by atoms with E-state index >= 15 is 0 Å². The van der Waals surface area contributed by atoms with E-state index in [9.17, 15) is 26.4 Å². The molecule has 0 spiro atoms. The molecule has 0 radical (unpaired) electrons. The molecular formula is C16H14F3NO4S. The van der Waals surface area contributed by atoms with Crippen LogP contribution in [0.25, 0.3) is 0 Å². The fourth-order valence-corrected chi connectivity index (χ4v) is 3.13. The minimum absolute atomic E-state index is 0.146. The summed E-state index contributed by atoms with van der Waals surface area (Å²) in [7, 11) is -2.90. The molecule has 0 unspecified atom stereocenters. The Balaban J connectivity index is 2.29. The van der Waals surface area contributed by atoms with Crippen molar-refractivity contribution >= 4 is 21.7 Å². The molecule has 0 aromatic heterocycles. The molecule has 25 heavy (non-hydrogen) atoms. The first-order valence-corrected chi connectivity index (χ1v) is 8.46. The SMILES string of the molecule is COC(=O)Cc1ccccc1NS(=O)(=O)c1ccc(C(F)(F)F)cc1. The average Bonchev–Trinajstić information content (AvgIpc) is 2.55. The summed E-state index contributed by atoms with van der Waals surface area (Å²) in [5.41, 5.74) is -0.421. The summed E-state index contributed by atoms with van der Waals surface area (Å²) >= 11 is 0. The van der Waals surface area contributed by atoms with Crippen molar-refractivity contribution in [3.8, 4) is 0 Å². The Morgan fingerprint density at radius 2 is 1.68 bits per heavy atom. The first kappa shape index (κ1) is 18.8. The number of sulfonamides is 1. The van der Waals surface area contributed by atoms with Crippen LogP contribution in [0.5, 0.6) is 0 Å². The van der Waals surface area contributed by atoms with E-state index in [0.717, 1.165) is 12.1 Å². The fourth-order valence-electron chi connectivity index (χ4n) is 2.03. The van der Waals surface area contributed by atoms with Crippen molar-refractivity contribution in [1.82, 2.24) is 0 Å². The van der Waals surface area contributed by atoms with Gasteiger partial charge in [0.15, 0.2) is 0 Å². The Morgan fingerprint density at radius 3 is 2.24 bits per heavy atom. The van der Waals surface area contributed by atoms with E-state index in [1.165, 1.54) is 13.2 Å². The number of methoxy groups -OCH3 is 1. The van der Waals surface area contributed by atoms with Crippen molar-refractivity contribution in [2.24, 2.45) is 0 Å². The van der Waals surface area contributed by atoms with Gasteiger partial charge in [0.05, 0.1) is 29.7 Å². The number of ether oxygens (including phenoxy) is 1. The predicted molar refractivity (Wildman–Crippen MR) is 84.4 cm³/mol. The van der Waals surface area contributed by atoms with Crippen LogP contribution in [-0.2, 0) is 32.2 Å². The third-order valence-electron chi connectivity index (χ3n) is 3.32. The molecule has 9 heteroatoms. The molecule has 2 aromatic rings. The van der Waals surface area contributed by atoms with Gasteiger partial charge in [0, 0.05) is 0 Å². The molecule has 0 saturated carbocycles. The van der Waals surface area contributed by atoms with Crippen molar-refractivity contribution in [1.29, 1.82) is 0 Å². The number of hydrogen-bond donors (Lipinski definition) is 1. The van der Waals surface area contributed by atoms with E-state index in [4.69, 9.17) is 0 Å². The van der Waals surface area contributed by atoms with Crippen LogP contribution in [-0.4, -0.2) is 21.5 Å². The summed E-state index contributed by atoms with van der Waals surface area (Å²) < 4.78 is 69.2. The molecule has 1 N–H and O–H groups in total. The third-order valence-corrected chi connectivity index (χ3v) is 4.70. The molecule has 2 aromatic carbocycles. The maximum atomic E-state index is 12.6. The second-order valence-electron chi connectivity index (χ2n) is 5.04. The van der Waals surface area contributed by atoms with Gasteiger partial charge in [-0.1, -0.05) is 18.2 Å². The number of nitrogens with one attached hydrogen (secondary N) is 1. The van der Waals surface area contributed by atoms with Crippen LogP contribution in [0, 0.1) is 0 Å². The zero-order chi connectivity index (χ0) is 18.7. The lowest BCUT2D eigenvalue weighted by molar-refractivity contribution is -0.140. The van der Waals surface area contributed by atoms with Gasteiger partial charge in [0.1, 0.15) is 0 Å². The smallest absolute Gasteiger partial charge is 0.416 e. The number of halogens is 3. The second kappa shape index (κ2) is 7.14. The number of para-hydroxylation sites is 1. The van der Waals surface area contributed by atoms with Crippen LogP contribution < -0.4 is 4.72 Å². The van der Waals surface area contributed by atoms with Gasteiger partial charge in [-0.05, 0) is 35.9 Å². The summed E-state index contributed by atoms with van der Waals surface area (Å²) in [5.74, 6) is -0.554. The predicted octanol–water partition coefficient (Wildman–Crippen LogP) is 3.22. The Hall–Kier alpha value is -2.55. The zero-order valence-corrected chi connectivity index (χ0v) is 13.8. The number of anilines is 1. The van der Waals surface area contributed by atoms with Gasteiger partial charge in [-0.2, -0.15) is 13.2 Å². The molecule has 0 saturated heterocycles. The molecule has 134 valence electrons. The molecule has 0 aliphatic heterocycles. The Morgan fingerprint density at radius 1 is 1.08 bits per heavy atom. The lowest BCUT2D eigenvalue weighted by atomic mass is 10.1. The lowest BCUT2D eigenvalue weighted by Crippen LogP contribution is -2.16. The quantitative estimate of drug-likeness (QED) is 0.817. The molecule has 0 fully saturated rings. The summed E-state index contributed by atoms with van der Waals surface area (Å²) in [6.07, 6.45) is -4.70. The van der Waals surface area contributed by atoms with Gasteiger partial charge in [0.25, 0.3) is 10.0 Å². The van der Waals surface area contributed by atoms with Gasteiger partial charge in [0.2, 0.25) is 0 Å². The molecule has 2 rings (SSSR count). The lowest BCUT2D eigenvalue weighted by Gasteiger charge is -2.13. The van der Waals surface area contributed by atoms with Crippen LogP contribution in [0.15, 0.2) is 53.4 Å². The van der Waals surface area contributed by atoms with Crippen LogP contribution in [0.2, 0.25) is 0 Å². The van der Waals surface area contributed by atoms with E-state index in [0.29, 0.717) is 17.7 Å². The third kappa shape index (κ3) is 4.72. The highest BCUT2D eigenvalue weighted by atomic mass is 32.2. The van der Waals surface area contributed by atoms with E-state index in [1.807, 2.05) is 0 Å². The van der Waals surface area contributed by atoms with Gasteiger partial charge >= 0.3 is 12.1 Å². The minimum atomic E-state index is -4.55. The number of rotatable bonds is 5. The Kier molecular flexibility index (Phi) is 5.36. The Bertz CT molecular complexity index is 862. The molecule has 0 aliphatic carbocycles. The van der Waals surface area contributed by atoms with Crippen molar-refractivity contribution < 1.29 is 31.1 Å². The summed E-state index contributed by atoms with van der Waals surface area (Å²) in [6, 6.07) is 9.28. The summed E-state index contributed by atoms with van der Waals surface area (Å²) in [6.45, 7) is 0. The number of benzene rings is 2. The molecule has 0 heterocycles. The van der Waals surface area contributed by atoms with Gasteiger partial charge in [-0.3, -0.25) is 9.52 Å². The molecule has 0 amide bonds. The monoisotopic (exact) mass is 373 g/mol. The molecule has 0 atom stereocenters. The maximum absolute atomic E-state index is 12.6. The van der Waals surface area contributed by atoms with Crippen LogP contribution in [0.3, 0.4) is 0 Å². The van der Waals surface area contributed by atoms with Gasteiger partial charge < -0.3 is 4.74 Å². The first-order valence-electron chi connectivity index (χ1n) is 6.98. The van der Waals surface area contributed by atoms with E-state index in [-0.39, 0.29) is 17.0 Å². The van der Waals surface area contributed by atoms with E-state index < -0.39 is 27.7 Å². The van der Waals surface area contributed by atoms with Gasteiger partial charge in [-0.15, -0.1) is 0 Å². The number of alkyl halides is 3. The normalized spacial score (nSPS) is 11.8. The average molecular weight is 373 g/mol. The fraction of sp³-hybridized carbons (Fsp3) is 0.188. The molecule has 0 aliphatic rings. The van der Waals surface area contributed by atoms with E-state index in [2.05, 4.69) is 9.46 Å². The summed E-state index contributed by atoms with van der Waals surface area (Å²) in [5, 5.41) is 0. The molecular weight excluding hydrogens is 359 g/mol. The van der Waals surface area contributed by atoms with Crippen molar-refractivity contribution in [3.63, 3.8) is 0 Å². The second-order valence-corrected chi connectivity index (χ2v) is 6.72. The minimum Gasteiger partial charge on any atom is -0.469 e. The Labute approximate surface area is 142 Å². The van der Waals surface area contributed by atoms with Crippen LogP contribution in [0.4, 0.5) is 18.9 Å². The first-order chi connectivity index (χ1) is 11.6. The standard InChI is InChI=1S/C16H14F3NO4S/c1-24-15(21)10-11-4-2-3-5-14(11)20-25(22,23)13-8-6-12(7-9-13)16(17,18)19/h2-9,20H,10H2,1H3. The summed E-state index contributed by atoms with van der Waals surface area (Å²) in [4.78, 5) is 11.1. The van der Waals surface area contributed by atoms with Crippen LogP contribution in [0.1, 0.15) is 11.1 Å². The number of esters is 1. The van der Waals surface area contributed by atoms with Crippen molar-refractivity contribution in [3.05, 3.63) is 59.7 Å². The maximum Gasteiger partial charge on any atom is 0.416 e. The van der Waals surface area contributed by atoms with Gasteiger partial charge in [-0.25, -0.2) is 8.42 Å². The molecule has 0 bridgehead atoms. The highest BCUT2D eigenvalue weighted by molar-refractivity contribution is 7.92. The van der Waals surface area contributed by atoms with Crippen molar-refractivity contribution in [2.75, 3.05) is 11.8 Å². The topological polar surface area (TPSA) is 72.5 Å². The van der Waals surface area contributed by atoms with Crippen molar-refractivity contribution in [2.45, 2.75) is 17.5 Å². The zero-order valence-electron chi connectivity index (χ0n) is 13.0. The highest BCUT2D eigenvalue weighted by Gasteiger charge is 2.30. The van der Waals surface area contributed by atoms with Crippen LogP contribution >= 0.6 is 0 Å². The largest absolute Gasteiger partial charge is 0.469 e. The molecule has 5 nitrogen and oxygen atoms in total. The number of carbonyl (C=O) groups is 1. The van der Waals surface area contributed by atoms with E-state index in [1.54, 1.807) is 18.2 Å². The number of hydrogen-bond acceptors (Lipinski definition) is 4. The highest BCUT2D eigenvalue weighted by Crippen LogP contribution is 2.30. The number of carbonyl (C=O) groups excluding carboxylic acids is 1.